The van der Waals surface area contributed by atoms with Gasteiger partial charge in [0.05, 0.1) is 30.7 Å². The summed E-state index contributed by atoms with van der Waals surface area (Å²) in [6.07, 6.45) is 0.551. The predicted molar refractivity (Wildman–Crippen MR) is 124 cm³/mol. The molecule has 160 valence electrons. The highest BCUT2D eigenvalue weighted by Gasteiger charge is 2.33. The highest BCUT2D eigenvalue weighted by Crippen LogP contribution is 2.38. The van der Waals surface area contributed by atoms with Crippen LogP contribution in [-0.4, -0.2) is 30.4 Å². The third-order valence-electron chi connectivity index (χ3n) is 5.63. The van der Waals surface area contributed by atoms with Crippen LogP contribution < -0.4 is 10.5 Å². The average molecular weight is 425 g/mol. The van der Waals surface area contributed by atoms with Gasteiger partial charge in [0.2, 0.25) is 5.91 Å². The Kier molecular flexibility index (Phi) is 6.18. The van der Waals surface area contributed by atoms with Crippen molar-refractivity contribution in [2.45, 2.75) is 18.9 Å². The Balaban J connectivity index is 1.70. The number of amides is 1. The molecule has 0 aliphatic carbocycles. The fourth-order valence-electron chi connectivity index (χ4n) is 3.95. The van der Waals surface area contributed by atoms with Gasteiger partial charge < -0.3 is 10.5 Å². The van der Waals surface area contributed by atoms with E-state index in [1.807, 2.05) is 66.7 Å². The van der Waals surface area contributed by atoms with E-state index in [0.29, 0.717) is 30.9 Å². The molecule has 1 aliphatic heterocycles. The second kappa shape index (κ2) is 9.36. The lowest BCUT2D eigenvalue weighted by Crippen LogP contribution is -2.44. The van der Waals surface area contributed by atoms with Gasteiger partial charge in [-0.05, 0) is 47.4 Å². The quantitative estimate of drug-likeness (QED) is 0.505. The lowest BCUT2D eigenvalue weighted by molar-refractivity contribution is -0.130. The summed E-state index contributed by atoms with van der Waals surface area (Å²) >= 11 is 0. The average Bonchev–Trinajstić information content (AvgIpc) is 2.86. The zero-order valence-electron chi connectivity index (χ0n) is 17.9. The molecule has 1 unspecified atom stereocenters. The molecule has 3 aromatic rings. The Morgan fingerprint density at radius 2 is 1.91 bits per heavy atom. The van der Waals surface area contributed by atoms with Gasteiger partial charge in [-0.15, -0.1) is 0 Å². The molecule has 0 bridgehead atoms. The maximum atomic E-state index is 13.7. The Morgan fingerprint density at radius 1 is 1.12 bits per heavy atom. The van der Waals surface area contributed by atoms with Crippen molar-refractivity contribution in [3.05, 3.63) is 89.5 Å². The first kappa shape index (κ1) is 21.1. The van der Waals surface area contributed by atoms with Crippen LogP contribution in [0.4, 0.5) is 0 Å². The van der Waals surface area contributed by atoms with Crippen molar-refractivity contribution in [1.29, 1.82) is 5.26 Å². The van der Waals surface area contributed by atoms with Gasteiger partial charge in [0.15, 0.2) is 5.96 Å². The van der Waals surface area contributed by atoms with Crippen molar-refractivity contribution in [2.75, 3.05) is 13.7 Å². The molecule has 0 saturated carbocycles. The number of carbonyl (C=O) groups is 1. The molecule has 6 heteroatoms. The fourth-order valence-corrected chi connectivity index (χ4v) is 3.95. The zero-order chi connectivity index (χ0) is 22.5. The largest absolute Gasteiger partial charge is 0.493 e. The molecule has 0 saturated heterocycles. The lowest BCUT2D eigenvalue weighted by atomic mass is 9.89. The standard InChI is InChI=1S/C26H24N4O2/c1-29-26(28)30(17-18-6-3-2-4-7-18)25(31)22-12-13-32-24-11-10-21(15-23(22)24)20-9-5-8-19(14-20)16-27/h2-11,14-15,22H,12-13,17H2,1H3,(H2,28,29). The topological polar surface area (TPSA) is 91.7 Å². The molecule has 0 radical (unpaired) electrons. The molecule has 1 heterocycles. The van der Waals surface area contributed by atoms with Crippen molar-refractivity contribution in [3.63, 3.8) is 0 Å². The number of aliphatic imine (C=N–C) groups is 1. The van der Waals surface area contributed by atoms with E-state index in [4.69, 9.17) is 10.5 Å². The zero-order valence-corrected chi connectivity index (χ0v) is 17.9. The summed E-state index contributed by atoms with van der Waals surface area (Å²) in [5, 5.41) is 9.23. The van der Waals surface area contributed by atoms with Crippen LogP contribution in [0.25, 0.3) is 11.1 Å². The van der Waals surface area contributed by atoms with Gasteiger partial charge in [-0.25, -0.2) is 0 Å². The number of fused-ring (bicyclic) bond motifs is 1. The maximum Gasteiger partial charge on any atom is 0.237 e. The summed E-state index contributed by atoms with van der Waals surface area (Å²) < 4.78 is 5.84. The minimum Gasteiger partial charge on any atom is -0.493 e. The summed E-state index contributed by atoms with van der Waals surface area (Å²) in [7, 11) is 1.58. The second-order valence-electron chi connectivity index (χ2n) is 7.63. The molecule has 6 nitrogen and oxygen atoms in total. The van der Waals surface area contributed by atoms with Crippen molar-refractivity contribution in [3.8, 4) is 22.9 Å². The number of nitrogens with two attached hydrogens (primary N) is 1. The van der Waals surface area contributed by atoms with Gasteiger partial charge >= 0.3 is 0 Å². The maximum absolute atomic E-state index is 13.7. The molecule has 0 aromatic heterocycles. The molecule has 2 N–H and O–H groups in total. The van der Waals surface area contributed by atoms with Gasteiger partial charge in [-0.1, -0.05) is 48.5 Å². The van der Waals surface area contributed by atoms with Crippen LogP contribution in [0.3, 0.4) is 0 Å². The number of nitriles is 1. The molecule has 1 amide bonds. The predicted octanol–water partition coefficient (Wildman–Crippen LogP) is 4.06. The third kappa shape index (κ3) is 4.33. The Hall–Kier alpha value is -4.11. The van der Waals surface area contributed by atoms with E-state index in [-0.39, 0.29) is 11.9 Å². The van der Waals surface area contributed by atoms with E-state index in [2.05, 4.69) is 11.1 Å². The highest BCUT2D eigenvalue weighted by atomic mass is 16.5. The molecule has 32 heavy (non-hydrogen) atoms. The summed E-state index contributed by atoms with van der Waals surface area (Å²) in [4.78, 5) is 19.3. The summed E-state index contributed by atoms with van der Waals surface area (Å²) in [6, 6.07) is 25.1. The van der Waals surface area contributed by atoms with Crippen molar-refractivity contribution in [2.24, 2.45) is 10.7 Å². The van der Waals surface area contributed by atoms with Crippen LogP contribution in [0, 0.1) is 11.3 Å². The number of carbonyl (C=O) groups excluding carboxylic acids is 1. The molecule has 3 aromatic carbocycles. The Morgan fingerprint density at radius 3 is 2.66 bits per heavy atom. The molecule has 4 rings (SSSR count). The second-order valence-corrected chi connectivity index (χ2v) is 7.63. The smallest absolute Gasteiger partial charge is 0.237 e. The fraction of sp³-hybridized carbons (Fsp3) is 0.192. The minimum absolute atomic E-state index is 0.107. The number of hydrogen-bond donors (Lipinski definition) is 1. The molecule has 1 aliphatic rings. The number of nitrogens with zero attached hydrogens (tertiary/aromatic N) is 3. The molecular weight excluding hydrogens is 400 g/mol. The third-order valence-corrected chi connectivity index (χ3v) is 5.63. The van der Waals surface area contributed by atoms with E-state index in [9.17, 15) is 10.1 Å². The first-order valence-corrected chi connectivity index (χ1v) is 10.5. The van der Waals surface area contributed by atoms with E-state index < -0.39 is 5.92 Å². The number of benzene rings is 3. The van der Waals surface area contributed by atoms with Crippen LogP contribution in [-0.2, 0) is 11.3 Å². The molecular formula is C26H24N4O2. The number of rotatable bonds is 4. The first-order chi connectivity index (χ1) is 15.6. The number of ether oxygens (including phenoxy) is 1. The minimum atomic E-state index is -0.401. The summed E-state index contributed by atoms with van der Waals surface area (Å²) in [5.41, 5.74) is 10.4. The van der Waals surface area contributed by atoms with Gasteiger partial charge in [0, 0.05) is 12.6 Å². The van der Waals surface area contributed by atoms with Gasteiger partial charge in [-0.2, -0.15) is 5.26 Å². The van der Waals surface area contributed by atoms with Crippen LogP contribution >= 0.6 is 0 Å². The van der Waals surface area contributed by atoms with E-state index in [1.54, 1.807) is 13.1 Å². The van der Waals surface area contributed by atoms with E-state index in [0.717, 1.165) is 22.3 Å². The van der Waals surface area contributed by atoms with Gasteiger partial charge in [-0.3, -0.25) is 14.7 Å². The van der Waals surface area contributed by atoms with Crippen LogP contribution in [0.2, 0.25) is 0 Å². The first-order valence-electron chi connectivity index (χ1n) is 10.5. The summed E-state index contributed by atoms with van der Waals surface area (Å²) in [6.45, 7) is 0.800. The highest BCUT2D eigenvalue weighted by molar-refractivity contribution is 5.99. The Labute approximate surface area is 187 Å². The van der Waals surface area contributed by atoms with E-state index in [1.165, 1.54) is 4.90 Å². The monoisotopic (exact) mass is 424 g/mol. The van der Waals surface area contributed by atoms with Crippen molar-refractivity contribution in [1.82, 2.24) is 4.90 Å². The number of guanidine groups is 1. The normalized spacial score (nSPS) is 15.2. The van der Waals surface area contributed by atoms with Crippen LogP contribution in [0.15, 0.2) is 77.8 Å². The number of hydrogen-bond acceptors (Lipinski definition) is 4. The van der Waals surface area contributed by atoms with Crippen molar-refractivity contribution >= 4 is 11.9 Å². The van der Waals surface area contributed by atoms with Crippen molar-refractivity contribution < 1.29 is 9.53 Å². The van der Waals surface area contributed by atoms with E-state index >= 15 is 0 Å². The molecule has 0 spiro atoms. The van der Waals surface area contributed by atoms with Crippen LogP contribution in [0.5, 0.6) is 5.75 Å². The molecule has 1 atom stereocenters. The summed E-state index contributed by atoms with van der Waals surface area (Å²) in [5.74, 6) is 0.373. The van der Waals surface area contributed by atoms with Gasteiger partial charge in [0.1, 0.15) is 5.75 Å². The van der Waals surface area contributed by atoms with Gasteiger partial charge in [0.25, 0.3) is 0 Å². The Bertz CT molecular complexity index is 1200. The SMILES string of the molecule is CN=C(N)N(Cc1ccccc1)C(=O)C1CCOc2ccc(-c3cccc(C#N)c3)cc21. The lowest BCUT2D eigenvalue weighted by Gasteiger charge is -2.30. The van der Waals surface area contributed by atoms with Crippen LogP contribution in [0.1, 0.15) is 29.0 Å². The molecule has 0 fully saturated rings.